The van der Waals surface area contributed by atoms with E-state index in [4.69, 9.17) is 4.74 Å². The Kier molecular flexibility index (Phi) is 4.98. The van der Waals surface area contributed by atoms with E-state index in [1.807, 2.05) is 26.0 Å². The fourth-order valence-electron chi connectivity index (χ4n) is 1.54. The van der Waals surface area contributed by atoms with Crippen LogP contribution in [-0.2, 0) is 10.0 Å². The van der Waals surface area contributed by atoms with Gasteiger partial charge >= 0.3 is 0 Å². The van der Waals surface area contributed by atoms with Crippen molar-refractivity contribution in [2.75, 3.05) is 0 Å². The molecule has 1 heterocycles. The van der Waals surface area contributed by atoms with Crippen molar-refractivity contribution < 1.29 is 13.2 Å². The number of hydrogen-bond donors (Lipinski definition) is 1. The Morgan fingerprint density at radius 3 is 2.52 bits per heavy atom. The zero-order chi connectivity index (χ0) is 15.3. The van der Waals surface area contributed by atoms with Crippen LogP contribution in [0.5, 0.6) is 5.75 Å². The van der Waals surface area contributed by atoms with Crippen LogP contribution in [0.3, 0.4) is 0 Å². The molecule has 0 fully saturated rings. The first-order valence-corrected chi connectivity index (χ1v) is 8.69. The molecular formula is C14H16N2O3S2. The van der Waals surface area contributed by atoms with Crippen LogP contribution in [0.15, 0.2) is 51.1 Å². The second-order valence-corrected chi connectivity index (χ2v) is 7.36. The number of nitrogens with zero attached hydrogens (tertiary/aromatic N) is 1. The molecule has 0 aliphatic rings. The van der Waals surface area contributed by atoms with Crippen molar-refractivity contribution in [3.63, 3.8) is 0 Å². The Labute approximate surface area is 128 Å². The summed E-state index contributed by atoms with van der Waals surface area (Å²) in [4.78, 5) is 2.18. The quantitative estimate of drug-likeness (QED) is 0.656. The van der Waals surface area contributed by atoms with Gasteiger partial charge in [0.05, 0.1) is 12.3 Å². The maximum absolute atomic E-state index is 11.8. The summed E-state index contributed by atoms with van der Waals surface area (Å²) in [7, 11) is -3.57. The van der Waals surface area contributed by atoms with E-state index < -0.39 is 10.0 Å². The van der Waals surface area contributed by atoms with Gasteiger partial charge in [0.25, 0.3) is 10.0 Å². The number of sulfonamides is 1. The average molecular weight is 324 g/mol. The van der Waals surface area contributed by atoms with Crippen molar-refractivity contribution in [3.8, 4) is 5.75 Å². The highest BCUT2D eigenvalue weighted by Gasteiger charge is 2.12. The lowest BCUT2D eigenvalue weighted by atomic mass is 10.2. The fraction of sp³-hybridized carbons (Fsp3) is 0.214. The van der Waals surface area contributed by atoms with Crippen LogP contribution in [0.4, 0.5) is 0 Å². The van der Waals surface area contributed by atoms with Gasteiger partial charge in [0, 0.05) is 0 Å². The van der Waals surface area contributed by atoms with E-state index in [1.54, 1.807) is 23.6 Å². The van der Waals surface area contributed by atoms with Gasteiger partial charge in [-0.25, -0.2) is 0 Å². The van der Waals surface area contributed by atoms with Crippen molar-refractivity contribution in [2.45, 2.75) is 24.2 Å². The summed E-state index contributed by atoms with van der Waals surface area (Å²) in [6.45, 7) is 3.91. The van der Waals surface area contributed by atoms with Gasteiger partial charge in [0.15, 0.2) is 0 Å². The van der Waals surface area contributed by atoms with Crippen molar-refractivity contribution in [1.29, 1.82) is 0 Å². The highest BCUT2D eigenvalue weighted by Crippen LogP contribution is 2.15. The molecule has 5 nitrogen and oxygen atoms in total. The molecule has 2 aromatic rings. The molecule has 112 valence electrons. The third-order valence-electron chi connectivity index (χ3n) is 2.40. The van der Waals surface area contributed by atoms with Crippen LogP contribution in [0, 0.1) is 0 Å². The molecule has 1 aromatic carbocycles. The van der Waals surface area contributed by atoms with Gasteiger partial charge in [-0.15, -0.1) is 11.3 Å². The molecule has 0 aliphatic heterocycles. The third kappa shape index (κ3) is 4.57. The Bertz CT molecular complexity index is 690. The zero-order valence-corrected chi connectivity index (χ0v) is 13.3. The normalized spacial score (nSPS) is 12.0. The Balaban J connectivity index is 1.99. The van der Waals surface area contributed by atoms with Gasteiger partial charge in [0.1, 0.15) is 9.96 Å². The molecule has 21 heavy (non-hydrogen) atoms. The number of hydrogen-bond acceptors (Lipinski definition) is 5. The molecule has 0 spiro atoms. The van der Waals surface area contributed by atoms with Gasteiger partial charge in [-0.1, -0.05) is 6.07 Å². The van der Waals surface area contributed by atoms with Gasteiger partial charge in [-0.2, -0.15) is 18.4 Å². The van der Waals surface area contributed by atoms with E-state index in [2.05, 4.69) is 9.93 Å². The second-order valence-electron chi connectivity index (χ2n) is 4.52. The summed E-state index contributed by atoms with van der Waals surface area (Å²) in [5, 5.41) is 5.46. The molecule has 0 bridgehead atoms. The Hall–Kier alpha value is -1.86. The van der Waals surface area contributed by atoms with Crippen LogP contribution in [0.1, 0.15) is 19.4 Å². The zero-order valence-electron chi connectivity index (χ0n) is 11.7. The third-order valence-corrected chi connectivity index (χ3v) is 5.02. The summed E-state index contributed by atoms with van der Waals surface area (Å²) in [6.07, 6.45) is 1.56. The number of hydrazone groups is 1. The molecule has 7 heteroatoms. The van der Waals surface area contributed by atoms with E-state index in [0.717, 1.165) is 22.6 Å². The van der Waals surface area contributed by atoms with Crippen molar-refractivity contribution in [1.82, 2.24) is 4.83 Å². The highest BCUT2D eigenvalue weighted by atomic mass is 32.2. The lowest BCUT2D eigenvalue weighted by Crippen LogP contribution is -2.17. The number of benzene rings is 1. The smallest absolute Gasteiger partial charge is 0.286 e. The number of nitrogens with one attached hydrogen (secondary N) is 1. The van der Waals surface area contributed by atoms with Crippen molar-refractivity contribution in [2.24, 2.45) is 5.10 Å². The molecule has 0 unspecified atom stereocenters. The van der Waals surface area contributed by atoms with E-state index >= 15 is 0 Å². The van der Waals surface area contributed by atoms with Crippen LogP contribution in [0.2, 0.25) is 0 Å². The molecule has 1 aromatic heterocycles. The lowest BCUT2D eigenvalue weighted by Gasteiger charge is -2.09. The minimum atomic E-state index is -3.57. The first-order valence-electron chi connectivity index (χ1n) is 6.32. The molecule has 0 radical (unpaired) electrons. The number of ether oxygens (including phenoxy) is 1. The van der Waals surface area contributed by atoms with Gasteiger partial charge in [-0.05, 0) is 55.1 Å². The molecular weight excluding hydrogens is 308 g/mol. The monoisotopic (exact) mass is 324 g/mol. The predicted octanol–water partition coefficient (Wildman–Crippen LogP) is 2.85. The second kappa shape index (κ2) is 6.73. The minimum absolute atomic E-state index is 0.113. The van der Waals surface area contributed by atoms with Crippen LogP contribution < -0.4 is 9.57 Å². The largest absolute Gasteiger partial charge is 0.491 e. The summed E-state index contributed by atoms with van der Waals surface area (Å²) in [5.74, 6) is 0.765. The summed E-state index contributed by atoms with van der Waals surface area (Å²) >= 11 is 1.14. The van der Waals surface area contributed by atoms with E-state index in [9.17, 15) is 8.42 Å². The van der Waals surface area contributed by atoms with Crippen LogP contribution in [0.25, 0.3) is 0 Å². The van der Waals surface area contributed by atoms with E-state index in [0.29, 0.717) is 0 Å². The number of rotatable bonds is 6. The summed E-state index contributed by atoms with van der Waals surface area (Å²) in [6, 6.07) is 10.4. The first-order chi connectivity index (χ1) is 9.97. The average Bonchev–Trinajstić information content (AvgIpc) is 2.95. The molecule has 0 saturated carbocycles. The van der Waals surface area contributed by atoms with Gasteiger partial charge in [0.2, 0.25) is 0 Å². The van der Waals surface area contributed by atoms with Crippen LogP contribution >= 0.6 is 11.3 Å². The van der Waals surface area contributed by atoms with Gasteiger partial charge < -0.3 is 4.74 Å². The maximum Gasteiger partial charge on any atom is 0.286 e. The Morgan fingerprint density at radius 2 is 1.95 bits per heavy atom. The molecule has 0 saturated heterocycles. The van der Waals surface area contributed by atoms with Crippen molar-refractivity contribution in [3.05, 3.63) is 47.3 Å². The van der Waals surface area contributed by atoms with E-state index in [-0.39, 0.29) is 10.3 Å². The Morgan fingerprint density at radius 1 is 1.24 bits per heavy atom. The molecule has 0 atom stereocenters. The summed E-state index contributed by atoms with van der Waals surface area (Å²) < 4.78 is 29.4. The minimum Gasteiger partial charge on any atom is -0.491 e. The van der Waals surface area contributed by atoms with Crippen LogP contribution in [-0.4, -0.2) is 20.7 Å². The molecule has 0 amide bonds. The van der Waals surface area contributed by atoms with E-state index in [1.165, 1.54) is 12.3 Å². The highest BCUT2D eigenvalue weighted by molar-refractivity contribution is 7.91. The molecule has 0 aliphatic carbocycles. The fourth-order valence-corrected chi connectivity index (χ4v) is 3.31. The molecule has 2 rings (SSSR count). The van der Waals surface area contributed by atoms with Crippen molar-refractivity contribution >= 4 is 27.6 Å². The standard InChI is InChI=1S/C14H16N2O3S2/c1-11(2)19-13-7-5-12(6-8-13)10-15-16-21(17,18)14-4-3-9-20-14/h3-11,16H,1-2H3/b15-10+. The predicted molar refractivity (Wildman–Crippen MR) is 84.4 cm³/mol. The topological polar surface area (TPSA) is 67.8 Å². The SMILES string of the molecule is CC(C)Oc1ccc(/C=N/NS(=O)(=O)c2cccs2)cc1. The summed E-state index contributed by atoms with van der Waals surface area (Å²) in [5.41, 5.74) is 0.778. The maximum atomic E-state index is 11.8. The van der Waals surface area contributed by atoms with Gasteiger partial charge in [-0.3, -0.25) is 0 Å². The first kappa shape index (κ1) is 15.5. The lowest BCUT2D eigenvalue weighted by molar-refractivity contribution is 0.242. The number of thiophene rings is 1. The molecule has 1 N–H and O–H groups in total.